The molecule has 0 saturated carbocycles. The van der Waals surface area contributed by atoms with Gasteiger partial charge in [0.2, 0.25) is 0 Å². The first-order valence-corrected chi connectivity index (χ1v) is 5.45. The smallest absolute Gasteiger partial charge is 0.311 e. The molecule has 5 nitrogen and oxygen atoms in total. The average molecular weight is 253 g/mol. The lowest BCUT2D eigenvalue weighted by Crippen LogP contribution is -2.42. The molecule has 0 bridgehead atoms. The molecule has 2 unspecified atom stereocenters. The Labute approximate surface area is 103 Å². The van der Waals surface area contributed by atoms with Crippen LogP contribution in [0.5, 0.6) is 0 Å². The summed E-state index contributed by atoms with van der Waals surface area (Å²) in [6.45, 7) is 0.258. The summed E-state index contributed by atoms with van der Waals surface area (Å²) in [7, 11) is 0. The molecule has 18 heavy (non-hydrogen) atoms. The van der Waals surface area contributed by atoms with Crippen molar-refractivity contribution in [2.75, 3.05) is 13.2 Å². The van der Waals surface area contributed by atoms with Gasteiger partial charge in [0.15, 0.2) is 0 Å². The summed E-state index contributed by atoms with van der Waals surface area (Å²) in [6.07, 6.45) is 0. The maximum Gasteiger partial charge on any atom is 0.311 e. The number of carbonyl (C=O) groups is 2. The molecule has 1 fully saturated rings. The van der Waals surface area contributed by atoms with Crippen LogP contribution < -0.4 is 5.32 Å². The highest BCUT2D eigenvalue weighted by Crippen LogP contribution is 2.14. The van der Waals surface area contributed by atoms with Crippen LogP contribution in [0.25, 0.3) is 0 Å². The molecule has 0 aliphatic carbocycles. The summed E-state index contributed by atoms with van der Waals surface area (Å²) in [4.78, 5) is 22.7. The van der Waals surface area contributed by atoms with Crippen LogP contribution in [-0.2, 0) is 9.53 Å². The van der Waals surface area contributed by atoms with E-state index in [0.717, 1.165) is 0 Å². The fourth-order valence-electron chi connectivity index (χ4n) is 1.79. The summed E-state index contributed by atoms with van der Waals surface area (Å²) < 4.78 is 17.7. The van der Waals surface area contributed by atoms with E-state index in [1.807, 2.05) is 0 Å². The quantitative estimate of drug-likeness (QED) is 0.829. The van der Waals surface area contributed by atoms with Gasteiger partial charge in [0.25, 0.3) is 5.91 Å². The topological polar surface area (TPSA) is 75.6 Å². The third kappa shape index (κ3) is 2.65. The Hall–Kier alpha value is -1.95. The maximum atomic E-state index is 12.7. The van der Waals surface area contributed by atoms with Crippen LogP contribution in [-0.4, -0.2) is 36.2 Å². The van der Waals surface area contributed by atoms with Gasteiger partial charge in [-0.15, -0.1) is 0 Å². The van der Waals surface area contributed by atoms with Gasteiger partial charge in [-0.1, -0.05) is 0 Å². The molecular formula is C12H12FNO4. The molecule has 6 heteroatoms. The van der Waals surface area contributed by atoms with Gasteiger partial charge in [0, 0.05) is 5.56 Å². The van der Waals surface area contributed by atoms with Crippen molar-refractivity contribution in [3.8, 4) is 0 Å². The number of carboxylic acids is 1. The van der Waals surface area contributed by atoms with Crippen molar-refractivity contribution in [3.05, 3.63) is 35.6 Å². The monoisotopic (exact) mass is 253 g/mol. The molecule has 2 rings (SSSR count). The number of ether oxygens (including phenoxy) is 1. The highest BCUT2D eigenvalue weighted by Gasteiger charge is 2.35. The highest BCUT2D eigenvalue weighted by molar-refractivity contribution is 5.94. The number of hydrogen-bond donors (Lipinski definition) is 2. The van der Waals surface area contributed by atoms with Gasteiger partial charge in [0.05, 0.1) is 19.3 Å². The van der Waals surface area contributed by atoms with Gasteiger partial charge in [-0.05, 0) is 24.3 Å². The molecule has 96 valence electrons. The van der Waals surface area contributed by atoms with Crippen LogP contribution in [0, 0.1) is 11.7 Å². The van der Waals surface area contributed by atoms with Crippen molar-refractivity contribution in [2.24, 2.45) is 5.92 Å². The molecule has 1 heterocycles. The molecule has 0 aromatic heterocycles. The molecule has 1 aromatic rings. The van der Waals surface area contributed by atoms with Gasteiger partial charge >= 0.3 is 5.97 Å². The number of halogens is 1. The summed E-state index contributed by atoms with van der Waals surface area (Å²) >= 11 is 0. The number of hydrogen-bond acceptors (Lipinski definition) is 3. The van der Waals surface area contributed by atoms with Crippen LogP contribution in [0.2, 0.25) is 0 Å². The molecule has 0 spiro atoms. The average Bonchev–Trinajstić information content (AvgIpc) is 2.78. The Balaban J connectivity index is 2.03. The van der Waals surface area contributed by atoms with Crippen LogP contribution >= 0.6 is 0 Å². The molecule has 1 saturated heterocycles. The Kier molecular flexibility index (Phi) is 3.57. The molecular weight excluding hydrogens is 241 g/mol. The molecule has 1 amide bonds. The summed E-state index contributed by atoms with van der Waals surface area (Å²) in [6, 6.07) is 4.48. The lowest BCUT2D eigenvalue weighted by Gasteiger charge is -2.15. The Bertz CT molecular complexity index is 460. The molecule has 0 radical (unpaired) electrons. The third-order valence-electron chi connectivity index (χ3n) is 2.82. The standard InChI is InChI=1S/C12H12FNO4/c13-8-3-1-7(2-4-8)11(15)14-10-6-18-5-9(10)12(16)17/h1-4,9-10H,5-6H2,(H,14,15)(H,16,17). The second-order valence-corrected chi connectivity index (χ2v) is 4.07. The third-order valence-corrected chi connectivity index (χ3v) is 2.82. The van der Waals surface area contributed by atoms with Crippen molar-refractivity contribution in [1.29, 1.82) is 0 Å². The van der Waals surface area contributed by atoms with Crippen molar-refractivity contribution in [2.45, 2.75) is 6.04 Å². The van der Waals surface area contributed by atoms with E-state index in [2.05, 4.69) is 5.32 Å². The van der Waals surface area contributed by atoms with Crippen molar-refractivity contribution in [3.63, 3.8) is 0 Å². The van der Waals surface area contributed by atoms with Gasteiger partial charge in [-0.2, -0.15) is 0 Å². The summed E-state index contributed by atoms with van der Waals surface area (Å²) in [5.74, 6) is -2.61. The minimum Gasteiger partial charge on any atom is -0.481 e. The molecule has 2 N–H and O–H groups in total. The van der Waals surface area contributed by atoms with Crippen molar-refractivity contribution >= 4 is 11.9 Å². The molecule has 2 atom stereocenters. The zero-order valence-electron chi connectivity index (χ0n) is 9.43. The second-order valence-electron chi connectivity index (χ2n) is 4.07. The number of benzene rings is 1. The highest BCUT2D eigenvalue weighted by atomic mass is 19.1. The van der Waals surface area contributed by atoms with E-state index < -0.39 is 29.7 Å². The number of nitrogens with one attached hydrogen (secondary N) is 1. The van der Waals surface area contributed by atoms with E-state index in [0.29, 0.717) is 0 Å². The van der Waals surface area contributed by atoms with Gasteiger partial charge in [-0.3, -0.25) is 9.59 Å². The Morgan fingerprint density at radius 1 is 1.28 bits per heavy atom. The predicted molar refractivity (Wildman–Crippen MR) is 59.6 cm³/mol. The van der Waals surface area contributed by atoms with E-state index in [-0.39, 0.29) is 18.8 Å². The van der Waals surface area contributed by atoms with Crippen LogP contribution in [0.15, 0.2) is 24.3 Å². The van der Waals surface area contributed by atoms with Crippen molar-refractivity contribution in [1.82, 2.24) is 5.32 Å². The normalized spacial score (nSPS) is 22.7. The van der Waals surface area contributed by atoms with Crippen LogP contribution in [0.4, 0.5) is 4.39 Å². The fraction of sp³-hybridized carbons (Fsp3) is 0.333. The van der Waals surface area contributed by atoms with Gasteiger partial charge in [0.1, 0.15) is 11.7 Å². The summed E-state index contributed by atoms with van der Waals surface area (Å²) in [5, 5.41) is 11.5. The minimum absolute atomic E-state index is 0.0870. The van der Waals surface area contributed by atoms with E-state index in [1.165, 1.54) is 24.3 Å². The first-order chi connectivity index (χ1) is 8.58. The largest absolute Gasteiger partial charge is 0.481 e. The van der Waals surface area contributed by atoms with E-state index in [4.69, 9.17) is 9.84 Å². The Morgan fingerprint density at radius 2 is 1.94 bits per heavy atom. The van der Waals surface area contributed by atoms with Gasteiger partial charge < -0.3 is 15.2 Å². The number of amides is 1. The fourth-order valence-corrected chi connectivity index (χ4v) is 1.79. The number of aliphatic carboxylic acids is 1. The van der Waals surface area contributed by atoms with E-state index >= 15 is 0 Å². The maximum absolute atomic E-state index is 12.7. The first-order valence-electron chi connectivity index (χ1n) is 5.45. The number of rotatable bonds is 3. The molecule has 1 aromatic carbocycles. The summed E-state index contributed by atoms with van der Waals surface area (Å²) in [5.41, 5.74) is 0.285. The predicted octanol–water partition coefficient (Wildman–Crippen LogP) is 0.655. The van der Waals surface area contributed by atoms with Gasteiger partial charge in [-0.25, -0.2) is 4.39 Å². The lowest BCUT2D eigenvalue weighted by molar-refractivity contribution is -0.142. The Morgan fingerprint density at radius 3 is 2.56 bits per heavy atom. The number of carbonyl (C=O) groups excluding carboxylic acids is 1. The van der Waals surface area contributed by atoms with E-state index in [1.54, 1.807) is 0 Å². The zero-order chi connectivity index (χ0) is 13.1. The van der Waals surface area contributed by atoms with E-state index in [9.17, 15) is 14.0 Å². The minimum atomic E-state index is -1.00. The van der Waals surface area contributed by atoms with Crippen LogP contribution in [0.1, 0.15) is 10.4 Å². The molecule has 1 aliphatic rings. The van der Waals surface area contributed by atoms with Crippen molar-refractivity contribution < 1.29 is 23.8 Å². The number of carboxylic acid groups (broad SMARTS) is 1. The first kappa shape index (κ1) is 12.5. The lowest BCUT2D eigenvalue weighted by atomic mass is 10.0. The zero-order valence-corrected chi connectivity index (χ0v) is 9.43. The SMILES string of the molecule is O=C(NC1COCC1C(=O)O)c1ccc(F)cc1. The molecule has 1 aliphatic heterocycles. The second kappa shape index (κ2) is 5.14. The van der Waals surface area contributed by atoms with Crippen LogP contribution in [0.3, 0.4) is 0 Å².